The minimum absolute atomic E-state index is 0. The number of halogens is 2. The van der Waals surface area contributed by atoms with Gasteiger partial charge in [0.1, 0.15) is 0 Å². The number of hydrogen-bond acceptors (Lipinski definition) is 4. The topological polar surface area (TPSA) is 32.8 Å². The third-order valence-corrected chi connectivity index (χ3v) is 8.23. The third-order valence-electron chi connectivity index (χ3n) is 7.44. The van der Waals surface area contributed by atoms with Gasteiger partial charge in [-0.2, -0.15) is 0 Å². The average Bonchev–Trinajstić information content (AvgIpc) is 3.48. The number of nitrogens with zero attached hydrogens (tertiary/aromatic N) is 2. The van der Waals surface area contributed by atoms with Gasteiger partial charge < -0.3 is 14.5 Å². The van der Waals surface area contributed by atoms with Crippen molar-refractivity contribution in [3.63, 3.8) is 0 Å². The van der Waals surface area contributed by atoms with E-state index in [1.807, 2.05) is 25.1 Å². The molecule has 41 heavy (non-hydrogen) atoms. The summed E-state index contributed by atoms with van der Waals surface area (Å²) in [6, 6.07) is 13.2. The zero-order valence-electron chi connectivity index (χ0n) is 25.1. The van der Waals surface area contributed by atoms with Gasteiger partial charge in [0.25, 0.3) is 0 Å². The van der Waals surface area contributed by atoms with Gasteiger partial charge in [0.05, 0.1) is 19.0 Å². The van der Waals surface area contributed by atoms with Crippen LogP contribution in [0.5, 0.6) is 5.75 Å². The van der Waals surface area contributed by atoms with Crippen LogP contribution in [0.3, 0.4) is 0 Å². The fourth-order valence-corrected chi connectivity index (χ4v) is 5.72. The quantitative estimate of drug-likeness (QED) is 0.134. The minimum atomic E-state index is -0.368. The second-order valence-electron chi connectivity index (χ2n) is 10.8. The molecule has 0 N–H and O–H groups in total. The highest BCUT2D eigenvalue weighted by Gasteiger charge is 2.16. The molecule has 0 radical (unpaired) electrons. The van der Waals surface area contributed by atoms with E-state index in [4.69, 9.17) is 4.74 Å². The predicted molar refractivity (Wildman–Crippen MR) is 178 cm³/mol. The van der Waals surface area contributed by atoms with Crippen molar-refractivity contribution in [2.45, 2.75) is 110 Å². The van der Waals surface area contributed by atoms with Crippen LogP contribution >= 0.6 is 28.7 Å². The van der Waals surface area contributed by atoms with Gasteiger partial charge in [-0.3, -0.25) is 4.79 Å². The lowest BCUT2D eigenvalue weighted by molar-refractivity contribution is -0.118. The van der Waals surface area contributed by atoms with Crippen molar-refractivity contribution in [3.05, 3.63) is 71.0 Å². The molecule has 1 heterocycles. The fraction of sp³-hybridized carbons (Fsp3) is 0.559. The maximum atomic E-state index is 14.8. The van der Waals surface area contributed by atoms with Crippen LogP contribution in [0.4, 0.5) is 10.1 Å². The second kappa shape index (κ2) is 20.8. The Kier molecular flexibility index (Phi) is 17.9. The van der Waals surface area contributed by atoms with Crippen LogP contribution in [0, 0.1) is 5.82 Å². The molecule has 1 aliphatic heterocycles. The van der Waals surface area contributed by atoms with E-state index in [0.717, 1.165) is 36.5 Å². The van der Waals surface area contributed by atoms with Gasteiger partial charge in [-0.05, 0) is 47.2 Å². The Bertz CT molecular complexity index is 1030. The summed E-state index contributed by atoms with van der Waals surface area (Å²) >= 11 is 1.78. The molecule has 0 unspecified atom stereocenters. The summed E-state index contributed by atoms with van der Waals surface area (Å²) in [4.78, 5) is 16.8. The molecule has 1 aliphatic rings. The molecule has 1 amide bonds. The molecule has 0 bridgehead atoms. The molecular weight excluding hydrogens is 599 g/mol. The van der Waals surface area contributed by atoms with Crippen molar-refractivity contribution in [2.75, 3.05) is 17.4 Å². The van der Waals surface area contributed by atoms with Crippen molar-refractivity contribution in [2.24, 2.45) is 0 Å². The van der Waals surface area contributed by atoms with Gasteiger partial charge in [-0.25, -0.2) is 4.39 Å². The summed E-state index contributed by atoms with van der Waals surface area (Å²) in [6.45, 7) is 5.82. The molecule has 0 aromatic heterocycles. The number of benzene rings is 2. The molecular formula is C34H50BrFN2O2S. The summed E-state index contributed by atoms with van der Waals surface area (Å²) in [5.74, 6) is 0.900. The number of carbonyl (C=O) groups is 1. The van der Waals surface area contributed by atoms with Crippen LogP contribution < -0.4 is 9.64 Å². The molecule has 0 spiro atoms. The van der Waals surface area contributed by atoms with E-state index in [2.05, 4.69) is 35.6 Å². The smallest absolute Gasteiger partial charge is 0.227 e. The highest BCUT2D eigenvalue weighted by atomic mass is 79.9. The Labute approximate surface area is 262 Å². The van der Waals surface area contributed by atoms with E-state index in [1.165, 1.54) is 75.8 Å². The summed E-state index contributed by atoms with van der Waals surface area (Å²) < 4.78 is 20.6. The molecule has 228 valence electrons. The Balaban J connectivity index is 0.00000588. The number of carbonyl (C=O) groups excluding carboxylic acids is 1. The number of thioether (sulfide) groups is 1. The lowest BCUT2D eigenvalue weighted by atomic mass is 10.1. The van der Waals surface area contributed by atoms with Crippen LogP contribution in [-0.4, -0.2) is 23.3 Å². The number of rotatable bonds is 20. The Morgan fingerprint density at radius 1 is 0.878 bits per heavy atom. The maximum absolute atomic E-state index is 14.8. The number of unbranched alkanes of at least 4 members (excludes halogenated alkanes) is 11. The molecule has 0 saturated carbocycles. The maximum Gasteiger partial charge on any atom is 0.227 e. The van der Waals surface area contributed by atoms with Crippen molar-refractivity contribution in [3.8, 4) is 5.75 Å². The van der Waals surface area contributed by atoms with Crippen molar-refractivity contribution in [1.29, 1.82) is 0 Å². The monoisotopic (exact) mass is 648 g/mol. The molecule has 0 aliphatic carbocycles. The molecule has 2 aromatic carbocycles. The van der Waals surface area contributed by atoms with Gasteiger partial charge in [0.15, 0.2) is 11.6 Å². The number of ether oxygens (including phenoxy) is 1. The predicted octanol–water partition coefficient (Wildman–Crippen LogP) is 10.4. The molecule has 0 atom stereocenters. The first kappa shape index (κ1) is 35.2. The summed E-state index contributed by atoms with van der Waals surface area (Å²) in [6.07, 6.45) is 18.0. The number of amides is 1. The SMILES string of the molecule is Br.CCCCCCCCCCCCCCOc1ccc(CN(C(=O)CC)c2ccc(CN3C=CSC3)cc2)cc1F. The van der Waals surface area contributed by atoms with E-state index < -0.39 is 0 Å². The van der Waals surface area contributed by atoms with Gasteiger partial charge in [0.2, 0.25) is 5.91 Å². The van der Waals surface area contributed by atoms with Crippen LogP contribution in [0.15, 0.2) is 54.1 Å². The van der Waals surface area contributed by atoms with Crippen LogP contribution in [0.25, 0.3) is 0 Å². The highest BCUT2D eigenvalue weighted by Crippen LogP contribution is 2.25. The van der Waals surface area contributed by atoms with E-state index in [-0.39, 0.29) is 28.7 Å². The normalized spacial score (nSPS) is 12.4. The minimum Gasteiger partial charge on any atom is -0.491 e. The van der Waals surface area contributed by atoms with Gasteiger partial charge in [-0.15, -0.1) is 28.7 Å². The standard InChI is InChI=1S/C34H49FN2O2S.BrH/c1-3-5-6-7-8-9-10-11-12-13-14-15-23-39-33-21-18-30(25-32(33)35)27-37(34(38)4-2)31-19-16-29(17-20-31)26-36-22-24-40-28-36;/h16-22,24-25H,3-15,23,26-28H2,1-2H3;1H. The van der Waals surface area contributed by atoms with Crippen molar-refractivity contribution < 1.29 is 13.9 Å². The number of anilines is 1. The van der Waals surface area contributed by atoms with E-state index in [0.29, 0.717) is 25.3 Å². The molecule has 3 rings (SSSR count). The zero-order valence-corrected chi connectivity index (χ0v) is 27.7. The molecule has 0 fully saturated rings. The lowest BCUT2D eigenvalue weighted by Crippen LogP contribution is -2.29. The van der Waals surface area contributed by atoms with Crippen molar-refractivity contribution in [1.82, 2.24) is 4.90 Å². The first-order valence-electron chi connectivity index (χ1n) is 15.4. The van der Waals surface area contributed by atoms with Crippen molar-refractivity contribution >= 4 is 40.3 Å². The molecule has 7 heteroatoms. The van der Waals surface area contributed by atoms with Gasteiger partial charge in [-0.1, -0.05) is 103 Å². The van der Waals surface area contributed by atoms with E-state index in [9.17, 15) is 9.18 Å². The second-order valence-corrected chi connectivity index (χ2v) is 11.7. The molecule has 0 saturated heterocycles. The molecule has 4 nitrogen and oxygen atoms in total. The highest BCUT2D eigenvalue weighted by molar-refractivity contribution is 8.93. The average molecular weight is 650 g/mol. The Morgan fingerprint density at radius 2 is 1.49 bits per heavy atom. The first-order chi connectivity index (χ1) is 19.6. The summed E-state index contributed by atoms with van der Waals surface area (Å²) in [5, 5.41) is 2.10. The zero-order chi connectivity index (χ0) is 28.4. The van der Waals surface area contributed by atoms with Crippen LogP contribution in [0.1, 0.15) is 108 Å². The fourth-order valence-electron chi connectivity index (χ4n) is 5.01. The summed E-state index contributed by atoms with van der Waals surface area (Å²) in [5.41, 5.74) is 2.77. The summed E-state index contributed by atoms with van der Waals surface area (Å²) in [7, 11) is 0. The van der Waals surface area contributed by atoms with Gasteiger partial charge in [0, 0.05) is 24.9 Å². The first-order valence-corrected chi connectivity index (χ1v) is 16.5. The third kappa shape index (κ3) is 13.2. The number of hydrogen-bond donors (Lipinski definition) is 0. The Hall–Kier alpha value is -1.99. The van der Waals surface area contributed by atoms with E-state index in [1.54, 1.807) is 22.7 Å². The Morgan fingerprint density at radius 3 is 2.05 bits per heavy atom. The van der Waals surface area contributed by atoms with Crippen LogP contribution in [-0.2, 0) is 17.9 Å². The van der Waals surface area contributed by atoms with E-state index >= 15 is 0 Å². The van der Waals surface area contributed by atoms with Crippen LogP contribution in [0.2, 0.25) is 0 Å². The molecule has 2 aromatic rings. The van der Waals surface area contributed by atoms with Gasteiger partial charge >= 0.3 is 0 Å². The lowest BCUT2D eigenvalue weighted by Gasteiger charge is -2.23. The largest absolute Gasteiger partial charge is 0.491 e.